The number of hydrogen-bond acceptors (Lipinski definition) is 4. The molecule has 1 aliphatic carbocycles. The van der Waals surface area contributed by atoms with E-state index < -0.39 is 6.04 Å². The van der Waals surface area contributed by atoms with Gasteiger partial charge in [-0.25, -0.2) is 0 Å². The molecule has 1 fully saturated rings. The van der Waals surface area contributed by atoms with Crippen LogP contribution in [-0.2, 0) is 4.79 Å². The van der Waals surface area contributed by atoms with E-state index in [1.165, 1.54) is 29.1 Å². The lowest BCUT2D eigenvalue weighted by Gasteiger charge is -2.25. The zero-order valence-electron chi connectivity index (χ0n) is 13.7. The predicted octanol–water partition coefficient (Wildman–Crippen LogP) is 3.98. The summed E-state index contributed by atoms with van der Waals surface area (Å²) in [5.74, 6) is 0.180. The first-order chi connectivity index (χ1) is 11.6. The molecule has 0 radical (unpaired) electrons. The van der Waals surface area contributed by atoms with Gasteiger partial charge < -0.3 is 10.6 Å². The maximum absolute atomic E-state index is 12.6. The van der Waals surface area contributed by atoms with Crippen LogP contribution in [0.4, 0.5) is 0 Å². The van der Waals surface area contributed by atoms with Crippen LogP contribution >= 0.6 is 22.7 Å². The molecule has 2 N–H and O–H groups in total. The van der Waals surface area contributed by atoms with Crippen LogP contribution < -0.4 is 10.6 Å². The van der Waals surface area contributed by atoms with Crippen LogP contribution in [0.1, 0.15) is 53.2 Å². The summed E-state index contributed by atoms with van der Waals surface area (Å²) in [5.41, 5.74) is 0. The van der Waals surface area contributed by atoms with Crippen molar-refractivity contribution in [1.82, 2.24) is 10.6 Å². The van der Waals surface area contributed by atoms with Crippen molar-refractivity contribution in [3.05, 3.63) is 44.8 Å². The summed E-state index contributed by atoms with van der Waals surface area (Å²) in [6, 6.07) is 7.21. The highest BCUT2D eigenvalue weighted by Gasteiger charge is 2.30. The molecule has 0 bridgehead atoms. The number of rotatable bonds is 6. The molecule has 4 nitrogen and oxygen atoms in total. The molecular formula is C18H22N2O2S2. The zero-order valence-corrected chi connectivity index (χ0v) is 15.3. The van der Waals surface area contributed by atoms with E-state index in [1.54, 1.807) is 24.3 Å². The number of nitrogens with one attached hydrogen (secondary N) is 2. The molecule has 3 rings (SSSR count). The summed E-state index contributed by atoms with van der Waals surface area (Å²) in [6.07, 6.45) is 4.76. The Morgan fingerprint density at radius 3 is 2.42 bits per heavy atom. The monoisotopic (exact) mass is 362 g/mol. The van der Waals surface area contributed by atoms with Gasteiger partial charge in [0.25, 0.3) is 5.91 Å². The van der Waals surface area contributed by atoms with E-state index in [2.05, 4.69) is 16.7 Å². The molecule has 6 heteroatoms. The Hall–Kier alpha value is -1.66. The maximum atomic E-state index is 12.6. The zero-order chi connectivity index (χ0) is 16.9. The van der Waals surface area contributed by atoms with Crippen molar-refractivity contribution in [2.75, 3.05) is 0 Å². The van der Waals surface area contributed by atoms with Gasteiger partial charge in [0.15, 0.2) is 0 Å². The topological polar surface area (TPSA) is 58.2 Å². The highest BCUT2D eigenvalue weighted by molar-refractivity contribution is 7.12. The Morgan fingerprint density at radius 1 is 1.08 bits per heavy atom. The lowest BCUT2D eigenvalue weighted by Crippen LogP contribution is -2.46. The van der Waals surface area contributed by atoms with Gasteiger partial charge in [-0.15, -0.1) is 22.7 Å². The van der Waals surface area contributed by atoms with Crippen LogP contribution in [0.5, 0.6) is 0 Å². The number of carbonyl (C=O) groups is 2. The molecule has 0 saturated heterocycles. The van der Waals surface area contributed by atoms with E-state index in [1.807, 2.05) is 22.9 Å². The third kappa shape index (κ3) is 4.05. The van der Waals surface area contributed by atoms with Crippen LogP contribution in [0, 0.1) is 5.92 Å². The fourth-order valence-electron chi connectivity index (χ4n) is 3.20. The Bertz CT molecular complexity index is 661. The van der Waals surface area contributed by atoms with Gasteiger partial charge in [0, 0.05) is 4.88 Å². The number of carbonyl (C=O) groups excluding carboxylic acids is 2. The van der Waals surface area contributed by atoms with E-state index in [0.29, 0.717) is 10.8 Å². The van der Waals surface area contributed by atoms with Gasteiger partial charge in [-0.2, -0.15) is 0 Å². The van der Waals surface area contributed by atoms with E-state index in [0.717, 1.165) is 12.8 Å². The van der Waals surface area contributed by atoms with Crippen molar-refractivity contribution in [2.45, 2.75) is 44.7 Å². The number of thiophene rings is 2. The van der Waals surface area contributed by atoms with E-state index >= 15 is 0 Å². The Labute approximate surface area is 150 Å². The van der Waals surface area contributed by atoms with Crippen molar-refractivity contribution in [2.24, 2.45) is 5.92 Å². The lowest BCUT2D eigenvalue weighted by molar-refractivity contribution is -0.123. The van der Waals surface area contributed by atoms with Gasteiger partial charge in [-0.3, -0.25) is 9.59 Å². The van der Waals surface area contributed by atoms with Gasteiger partial charge in [0.1, 0.15) is 6.04 Å². The van der Waals surface area contributed by atoms with Crippen LogP contribution in [0.15, 0.2) is 35.0 Å². The van der Waals surface area contributed by atoms with Crippen molar-refractivity contribution in [3.63, 3.8) is 0 Å². The normalized spacial score (nSPS) is 17.4. The van der Waals surface area contributed by atoms with Gasteiger partial charge in [0.2, 0.25) is 5.91 Å². The van der Waals surface area contributed by atoms with E-state index in [4.69, 9.17) is 0 Å². The van der Waals surface area contributed by atoms with Gasteiger partial charge >= 0.3 is 0 Å². The first kappa shape index (κ1) is 17.2. The van der Waals surface area contributed by atoms with Crippen LogP contribution in [-0.4, -0.2) is 17.9 Å². The Balaban J connectivity index is 1.63. The highest BCUT2D eigenvalue weighted by atomic mass is 32.1. The quantitative estimate of drug-likeness (QED) is 0.817. The molecule has 2 atom stereocenters. The van der Waals surface area contributed by atoms with Gasteiger partial charge in [-0.05, 0) is 48.6 Å². The van der Waals surface area contributed by atoms with Crippen molar-refractivity contribution >= 4 is 34.5 Å². The summed E-state index contributed by atoms with van der Waals surface area (Å²) in [6.45, 7) is 1.74. The third-order valence-corrected chi connectivity index (χ3v) is 6.33. The molecule has 24 heavy (non-hydrogen) atoms. The summed E-state index contributed by atoms with van der Waals surface area (Å²) >= 11 is 3.06. The average molecular weight is 363 g/mol. The van der Waals surface area contributed by atoms with Gasteiger partial charge in [-0.1, -0.05) is 25.0 Å². The fraction of sp³-hybridized carbons (Fsp3) is 0.444. The minimum Gasteiger partial charge on any atom is -0.346 e. The second kappa shape index (κ2) is 7.94. The maximum Gasteiger partial charge on any atom is 0.261 e. The molecule has 1 aliphatic rings. The van der Waals surface area contributed by atoms with Crippen molar-refractivity contribution in [3.8, 4) is 0 Å². The fourth-order valence-corrected chi connectivity index (χ4v) is 4.70. The molecular weight excluding hydrogens is 340 g/mol. The SMILES string of the molecule is C[C@H](NC(=O)c1cccs1)C(=O)N[C@@H](c1cccs1)C1CCCC1. The van der Waals surface area contributed by atoms with Gasteiger partial charge in [0.05, 0.1) is 10.9 Å². The molecule has 0 aromatic carbocycles. The third-order valence-electron chi connectivity index (χ3n) is 4.50. The number of hydrogen-bond donors (Lipinski definition) is 2. The predicted molar refractivity (Wildman–Crippen MR) is 98.4 cm³/mol. The first-order valence-corrected chi connectivity index (χ1v) is 10.1. The van der Waals surface area contributed by atoms with Crippen LogP contribution in [0.25, 0.3) is 0 Å². The van der Waals surface area contributed by atoms with E-state index in [9.17, 15) is 9.59 Å². The molecule has 2 heterocycles. The molecule has 2 aromatic rings. The molecule has 128 valence electrons. The summed E-state index contributed by atoms with van der Waals surface area (Å²) < 4.78 is 0. The largest absolute Gasteiger partial charge is 0.346 e. The minimum atomic E-state index is -0.552. The molecule has 1 saturated carbocycles. The Kier molecular flexibility index (Phi) is 5.68. The van der Waals surface area contributed by atoms with Crippen molar-refractivity contribution in [1.29, 1.82) is 0 Å². The Morgan fingerprint density at radius 2 is 1.79 bits per heavy atom. The summed E-state index contributed by atoms with van der Waals surface area (Å²) in [5, 5.41) is 9.86. The molecule has 0 aliphatic heterocycles. The van der Waals surface area contributed by atoms with Crippen molar-refractivity contribution < 1.29 is 9.59 Å². The first-order valence-electron chi connectivity index (χ1n) is 8.33. The van der Waals surface area contributed by atoms with Crippen LogP contribution in [0.3, 0.4) is 0 Å². The highest BCUT2D eigenvalue weighted by Crippen LogP contribution is 2.37. The smallest absolute Gasteiger partial charge is 0.261 e. The summed E-state index contributed by atoms with van der Waals surface area (Å²) in [7, 11) is 0. The average Bonchev–Trinajstić information content (AvgIpc) is 3.35. The number of amides is 2. The molecule has 2 amide bonds. The minimum absolute atomic E-state index is 0.0566. The summed E-state index contributed by atoms with van der Waals surface area (Å²) in [4.78, 5) is 26.5. The standard InChI is InChI=1S/C18H22N2O2S2/c1-12(19-18(22)15-9-5-11-24-15)17(21)20-16(13-6-2-3-7-13)14-8-4-10-23-14/h4-5,8-13,16H,2-3,6-7H2,1H3,(H,19,22)(H,20,21)/t12-,16+/m0/s1. The molecule has 2 aromatic heterocycles. The molecule has 0 spiro atoms. The second-order valence-electron chi connectivity index (χ2n) is 6.22. The van der Waals surface area contributed by atoms with Crippen LogP contribution in [0.2, 0.25) is 0 Å². The molecule has 0 unspecified atom stereocenters. The lowest BCUT2D eigenvalue weighted by atomic mass is 9.96. The van der Waals surface area contributed by atoms with E-state index in [-0.39, 0.29) is 17.9 Å². The second-order valence-corrected chi connectivity index (χ2v) is 8.15.